The van der Waals surface area contributed by atoms with E-state index in [1.807, 2.05) is 0 Å². The monoisotopic (exact) mass is 616 g/mol. The summed E-state index contributed by atoms with van der Waals surface area (Å²) in [5.41, 5.74) is -2.28. The fourth-order valence-electron chi connectivity index (χ4n) is 4.82. The van der Waals surface area contributed by atoms with Gasteiger partial charge in [0.1, 0.15) is 29.7 Å². The third-order valence-electron chi connectivity index (χ3n) is 7.09. The summed E-state index contributed by atoms with van der Waals surface area (Å²) in [5, 5.41) is 22.4. The fourth-order valence-corrected chi connectivity index (χ4v) is 7.08. The number of hydrogen-bond acceptors (Lipinski definition) is 10. The van der Waals surface area contributed by atoms with Crippen molar-refractivity contribution < 1.29 is 38.1 Å². The first-order valence-corrected chi connectivity index (χ1v) is 15.7. The maximum absolute atomic E-state index is 14.0. The summed E-state index contributed by atoms with van der Waals surface area (Å²) in [7, 11) is -4.04. The number of nitrogens with one attached hydrogen (secondary N) is 1. The lowest BCUT2D eigenvalue weighted by Crippen LogP contribution is -2.44. The molecule has 0 spiro atoms. The van der Waals surface area contributed by atoms with Crippen molar-refractivity contribution in [1.82, 2.24) is 9.55 Å². The largest absolute Gasteiger partial charge is 0.462 e. The molecule has 0 bridgehead atoms. The Labute approximate surface area is 241 Å². The molecule has 1 aliphatic heterocycles. The number of hydrogen-bond donors (Lipinski definition) is 3. The molecule has 1 saturated carbocycles. The van der Waals surface area contributed by atoms with Crippen molar-refractivity contribution in [2.24, 2.45) is 5.92 Å². The van der Waals surface area contributed by atoms with Crippen LogP contribution in [0.2, 0.25) is 5.02 Å². The Balaban J connectivity index is 1.49. The Morgan fingerprint density at radius 2 is 1.95 bits per heavy atom. The average Bonchev–Trinajstić information content (AvgIpc) is 3.13. The van der Waals surface area contributed by atoms with Crippen LogP contribution in [0.3, 0.4) is 0 Å². The number of aromatic nitrogens is 2. The van der Waals surface area contributed by atoms with Crippen molar-refractivity contribution in [1.29, 1.82) is 0 Å². The summed E-state index contributed by atoms with van der Waals surface area (Å²) < 4.78 is 38.3. The quantitative estimate of drug-likeness (QED) is 0.199. The van der Waals surface area contributed by atoms with Crippen LogP contribution >= 0.6 is 31.4 Å². The molecule has 14 heteroatoms. The molecule has 0 radical (unpaired) electrons. The standard InChI is InChI=1S/C26H34ClN2O9PS/c1-16(23(32)36-18-6-4-3-5-7-18)15-39(34,38-19-10-8-17(27)9-11-19)35-14-20-22(31)26(2,33)24(37-20)29-13-12-21(30)28-25(29)40/h8-13,16,18,20,22,24,31,33H,3-7,14-15H2,1-2H3,(H,28,30,40)/t16-,20-,22+,24-,26?,39-/m1/s1. The lowest BCUT2D eigenvalue weighted by molar-refractivity contribution is -0.154. The van der Waals surface area contributed by atoms with Crippen LogP contribution in [0.25, 0.3) is 0 Å². The van der Waals surface area contributed by atoms with Gasteiger partial charge in [0.15, 0.2) is 11.0 Å². The summed E-state index contributed by atoms with van der Waals surface area (Å²) in [4.78, 5) is 26.8. The van der Waals surface area contributed by atoms with Crippen LogP contribution in [-0.2, 0) is 23.4 Å². The van der Waals surface area contributed by atoms with E-state index in [1.165, 1.54) is 35.9 Å². The molecule has 4 rings (SSSR count). The van der Waals surface area contributed by atoms with Crippen molar-refractivity contribution in [2.75, 3.05) is 12.8 Å². The second-order valence-corrected chi connectivity index (χ2v) is 13.3. The van der Waals surface area contributed by atoms with Crippen LogP contribution in [0.5, 0.6) is 5.75 Å². The van der Waals surface area contributed by atoms with Gasteiger partial charge < -0.3 is 24.2 Å². The molecule has 0 amide bonds. The number of aliphatic hydroxyl groups excluding tert-OH is 1. The molecule has 3 N–H and O–H groups in total. The van der Waals surface area contributed by atoms with Gasteiger partial charge in [-0.2, -0.15) is 0 Å². The third-order valence-corrected chi connectivity index (χ3v) is 9.68. The van der Waals surface area contributed by atoms with Crippen LogP contribution in [0.1, 0.15) is 52.2 Å². The SMILES string of the molecule is C[C@H](C[P@@](=O)(OC[C@H]1O[C@@H](n2ccc(=O)[nH]c2=S)C(C)(O)[C@H]1O)Oc1ccc(Cl)cc1)C(=O)OC1CCCCC1. The van der Waals surface area contributed by atoms with Gasteiger partial charge in [0, 0.05) is 17.3 Å². The Kier molecular flexibility index (Phi) is 9.93. The summed E-state index contributed by atoms with van der Waals surface area (Å²) in [6.45, 7) is 2.49. The normalized spacial score (nSPS) is 27.6. The molecule has 2 fully saturated rings. The van der Waals surface area contributed by atoms with Crippen LogP contribution in [0.15, 0.2) is 41.3 Å². The number of esters is 1. The summed E-state index contributed by atoms with van der Waals surface area (Å²) >= 11 is 11.1. The highest BCUT2D eigenvalue weighted by atomic mass is 35.5. The highest BCUT2D eigenvalue weighted by molar-refractivity contribution is 7.71. The summed E-state index contributed by atoms with van der Waals surface area (Å²) in [6.07, 6.45) is 1.75. The average molecular weight is 617 g/mol. The first kappa shape index (κ1) is 30.9. The van der Waals surface area contributed by atoms with E-state index in [4.69, 9.17) is 42.3 Å². The van der Waals surface area contributed by atoms with E-state index in [0.717, 1.165) is 32.1 Å². The molecule has 220 valence electrons. The number of ether oxygens (including phenoxy) is 2. The summed E-state index contributed by atoms with van der Waals surface area (Å²) in [6, 6.07) is 7.35. The predicted molar refractivity (Wildman–Crippen MR) is 149 cm³/mol. The first-order valence-electron chi connectivity index (χ1n) is 13.1. The number of rotatable bonds is 10. The zero-order valence-corrected chi connectivity index (χ0v) is 24.7. The highest BCUT2D eigenvalue weighted by Crippen LogP contribution is 2.51. The van der Waals surface area contributed by atoms with E-state index in [0.29, 0.717) is 5.02 Å². The molecule has 40 heavy (non-hydrogen) atoms. The van der Waals surface area contributed by atoms with Gasteiger partial charge in [0.2, 0.25) is 0 Å². The number of nitrogens with zero attached hydrogens (tertiary/aromatic N) is 1. The number of aliphatic hydroxyl groups is 2. The Hall–Kier alpha value is -2.05. The van der Waals surface area contributed by atoms with Gasteiger partial charge in [0.05, 0.1) is 18.7 Å². The molecule has 2 aliphatic rings. The molecule has 2 aromatic rings. The third kappa shape index (κ3) is 7.42. The molecule has 1 saturated heterocycles. The number of aromatic amines is 1. The number of carbonyl (C=O) groups excluding carboxylic acids is 1. The van der Waals surface area contributed by atoms with Crippen molar-refractivity contribution in [3.05, 3.63) is 56.7 Å². The van der Waals surface area contributed by atoms with Gasteiger partial charge in [-0.15, -0.1) is 0 Å². The minimum absolute atomic E-state index is 0.0198. The van der Waals surface area contributed by atoms with E-state index in [1.54, 1.807) is 19.1 Å². The fraction of sp³-hybridized carbons (Fsp3) is 0.577. The first-order chi connectivity index (χ1) is 18.9. The molecular weight excluding hydrogens is 583 g/mol. The minimum atomic E-state index is -4.04. The van der Waals surface area contributed by atoms with Crippen molar-refractivity contribution >= 4 is 37.4 Å². The van der Waals surface area contributed by atoms with Gasteiger partial charge in [-0.1, -0.05) is 24.9 Å². The van der Waals surface area contributed by atoms with Crippen LogP contribution < -0.4 is 10.1 Å². The number of H-pyrrole nitrogens is 1. The number of carbonyl (C=O) groups is 1. The smallest absolute Gasteiger partial charge is 0.380 e. The van der Waals surface area contributed by atoms with Gasteiger partial charge in [-0.3, -0.25) is 23.7 Å². The zero-order chi connectivity index (χ0) is 29.1. The van der Waals surface area contributed by atoms with E-state index >= 15 is 0 Å². The Morgan fingerprint density at radius 3 is 2.60 bits per heavy atom. The summed E-state index contributed by atoms with van der Waals surface area (Å²) in [5.74, 6) is -1.11. The number of halogens is 1. The molecule has 6 atom stereocenters. The second kappa shape index (κ2) is 12.9. The van der Waals surface area contributed by atoms with Gasteiger partial charge in [0.25, 0.3) is 5.56 Å². The van der Waals surface area contributed by atoms with E-state index in [9.17, 15) is 24.4 Å². The Bertz CT molecular complexity index is 1340. The highest BCUT2D eigenvalue weighted by Gasteiger charge is 2.53. The second-order valence-electron chi connectivity index (χ2n) is 10.4. The predicted octanol–water partition coefficient (Wildman–Crippen LogP) is 4.37. The van der Waals surface area contributed by atoms with Crippen molar-refractivity contribution in [3.8, 4) is 5.75 Å². The molecule has 1 unspecified atom stereocenters. The molecule has 11 nitrogen and oxygen atoms in total. The maximum atomic E-state index is 14.0. The van der Waals surface area contributed by atoms with Crippen LogP contribution in [0, 0.1) is 10.7 Å². The molecule has 1 aliphatic carbocycles. The van der Waals surface area contributed by atoms with Crippen LogP contribution in [-0.4, -0.2) is 62.4 Å². The van der Waals surface area contributed by atoms with Crippen LogP contribution in [0.4, 0.5) is 0 Å². The molecule has 1 aromatic heterocycles. The Morgan fingerprint density at radius 1 is 1.27 bits per heavy atom. The number of benzene rings is 1. The molecular formula is C26H34ClN2O9PS. The van der Waals surface area contributed by atoms with E-state index in [2.05, 4.69) is 4.98 Å². The lowest BCUT2D eigenvalue weighted by Gasteiger charge is -2.28. The lowest BCUT2D eigenvalue weighted by atomic mass is 9.96. The minimum Gasteiger partial charge on any atom is -0.462 e. The van der Waals surface area contributed by atoms with Gasteiger partial charge in [-0.25, -0.2) is 4.57 Å². The topological polar surface area (TPSA) is 149 Å². The zero-order valence-electron chi connectivity index (χ0n) is 22.2. The van der Waals surface area contributed by atoms with E-state index in [-0.39, 0.29) is 22.8 Å². The van der Waals surface area contributed by atoms with Gasteiger partial charge in [-0.05, 0) is 69.1 Å². The van der Waals surface area contributed by atoms with Crippen molar-refractivity contribution in [2.45, 2.75) is 76.1 Å². The van der Waals surface area contributed by atoms with Gasteiger partial charge >= 0.3 is 13.6 Å². The van der Waals surface area contributed by atoms with Crippen molar-refractivity contribution in [3.63, 3.8) is 0 Å². The molecule has 1 aromatic carbocycles. The van der Waals surface area contributed by atoms with E-state index < -0.39 is 55.7 Å². The molecule has 2 heterocycles. The maximum Gasteiger partial charge on any atom is 0.380 e.